The summed E-state index contributed by atoms with van der Waals surface area (Å²) in [5.41, 5.74) is 0.937. The number of aliphatic hydroxyl groups is 1. The standard InChI is InChI=1S/C14H12O4/c1-9(16)11-4-2-10-3-5-12(7-13(10)6-11)14(17)18-8-15/h2-7,15H,8H2,1H3. The molecule has 0 bridgehead atoms. The highest BCUT2D eigenvalue weighted by atomic mass is 16.6. The fourth-order valence-electron chi connectivity index (χ4n) is 1.73. The molecule has 18 heavy (non-hydrogen) atoms. The predicted octanol–water partition coefficient (Wildman–Crippen LogP) is 2.15. The molecule has 2 aromatic carbocycles. The highest BCUT2D eigenvalue weighted by molar-refractivity contribution is 6.00. The summed E-state index contributed by atoms with van der Waals surface area (Å²) < 4.78 is 4.50. The van der Waals surface area contributed by atoms with E-state index in [1.807, 2.05) is 6.07 Å². The lowest BCUT2D eigenvalue weighted by molar-refractivity contribution is 0.00684. The van der Waals surface area contributed by atoms with Crippen LogP contribution in [0.25, 0.3) is 10.8 Å². The summed E-state index contributed by atoms with van der Waals surface area (Å²) in [6.07, 6.45) is 0. The molecule has 0 amide bonds. The van der Waals surface area contributed by atoms with Crippen LogP contribution in [0.15, 0.2) is 36.4 Å². The number of carbonyl (C=O) groups excluding carboxylic acids is 2. The van der Waals surface area contributed by atoms with E-state index in [-0.39, 0.29) is 5.78 Å². The van der Waals surface area contributed by atoms with Crippen molar-refractivity contribution in [1.82, 2.24) is 0 Å². The zero-order valence-corrected chi connectivity index (χ0v) is 9.84. The summed E-state index contributed by atoms with van der Waals surface area (Å²) in [6, 6.07) is 10.3. The molecule has 2 rings (SSSR count). The molecular formula is C14H12O4. The normalized spacial score (nSPS) is 10.3. The summed E-state index contributed by atoms with van der Waals surface area (Å²) in [5, 5.41) is 10.3. The summed E-state index contributed by atoms with van der Waals surface area (Å²) >= 11 is 0. The second-order valence-corrected chi connectivity index (χ2v) is 3.89. The Kier molecular flexibility index (Phi) is 3.39. The molecule has 0 aliphatic heterocycles. The number of hydrogen-bond acceptors (Lipinski definition) is 4. The molecule has 0 heterocycles. The van der Waals surface area contributed by atoms with Gasteiger partial charge in [-0.05, 0) is 35.9 Å². The van der Waals surface area contributed by atoms with Gasteiger partial charge < -0.3 is 9.84 Å². The number of carbonyl (C=O) groups is 2. The van der Waals surface area contributed by atoms with E-state index in [1.54, 1.807) is 30.3 Å². The van der Waals surface area contributed by atoms with Gasteiger partial charge in [0, 0.05) is 5.56 Å². The second kappa shape index (κ2) is 4.98. The minimum atomic E-state index is -0.648. The Bertz CT molecular complexity index is 616. The zero-order chi connectivity index (χ0) is 13.1. The summed E-state index contributed by atoms with van der Waals surface area (Å²) in [5.74, 6) is -0.618. The molecule has 4 heteroatoms. The van der Waals surface area contributed by atoms with Crippen molar-refractivity contribution in [3.8, 4) is 0 Å². The maximum atomic E-state index is 11.5. The average Bonchev–Trinajstić information content (AvgIpc) is 2.37. The first-order valence-corrected chi connectivity index (χ1v) is 5.44. The van der Waals surface area contributed by atoms with Crippen LogP contribution in [0.2, 0.25) is 0 Å². The molecular weight excluding hydrogens is 232 g/mol. The van der Waals surface area contributed by atoms with Crippen LogP contribution in [0, 0.1) is 0 Å². The van der Waals surface area contributed by atoms with E-state index in [4.69, 9.17) is 5.11 Å². The molecule has 0 spiro atoms. The Morgan fingerprint density at radius 3 is 2.28 bits per heavy atom. The number of hydrogen-bond donors (Lipinski definition) is 1. The number of benzene rings is 2. The Morgan fingerprint density at radius 2 is 1.67 bits per heavy atom. The van der Waals surface area contributed by atoms with Crippen molar-refractivity contribution in [1.29, 1.82) is 0 Å². The van der Waals surface area contributed by atoms with Gasteiger partial charge in [0.15, 0.2) is 12.6 Å². The molecule has 2 aromatic rings. The minimum absolute atomic E-state index is 0.0276. The Labute approximate surface area is 104 Å². The smallest absolute Gasteiger partial charge is 0.340 e. The van der Waals surface area contributed by atoms with Crippen LogP contribution >= 0.6 is 0 Å². The summed E-state index contributed by atoms with van der Waals surface area (Å²) in [7, 11) is 0. The summed E-state index contributed by atoms with van der Waals surface area (Å²) in [4.78, 5) is 22.7. The van der Waals surface area contributed by atoms with E-state index in [9.17, 15) is 9.59 Å². The molecule has 0 aliphatic carbocycles. The molecule has 0 fully saturated rings. The Morgan fingerprint density at radius 1 is 1.06 bits per heavy atom. The van der Waals surface area contributed by atoms with E-state index >= 15 is 0 Å². The lowest BCUT2D eigenvalue weighted by atomic mass is 10.0. The van der Waals surface area contributed by atoms with Gasteiger partial charge in [-0.25, -0.2) is 4.79 Å². The van der Waals surface area contributed by atoms with Crippen LogP contribution in [-0.4, -0.2) is 23.7 Å². The molecule has 0 radical (unpaired) electrons. The lowest BCUT2D eigenvalue weighted by Gasteiger charge is -2.04. The molecule has 0 atom stereocenters. The van der Waals surface area contributed by atoms with E-state index < -0.39 is 12.8 Å². The van der Waals surface area contributed by atoms with E-state index in [1.165, 1.54) is 6.92 Å². The van der Waals surface area contributed by atoms with E-state index in [0.29, 0.717) is 11.1 Å². The van der Waals surface area contributed by atoms with Crippen LogP contribution in [0.3, 0.4) is 0 Å². The third kappa shape index (κ3) is 2.38. The fourth-order valence-corrected chi connectivity index (χ4v) is 1.73. The number of Topliss-reactive ketones (excluding diaryl/α,β-unsaturated/α-hetero) is 1. The zero-order valence-electron chi connectivity index (χ0n) is 9.84. The number of ether oxygens (including phenoxy) is 1. The number of rotatable bonds is 3. The molecule has 4 nitrogen and oxygen atoms in total. The summed E-state index contributed by atoms with van der Waals surface area (Å²) in [6.45, 7) is 0.843. The van der Waals surface area contributed by atoms with Crippen molar-refractivity contribution in [3.05, 3.63) is 47.5 Å². The minimum Gasteiger partial charge on any atom is -0.435 e. The molecule has 1 N–H and O–H groups in total. The second-order valence-electron chi connectivity index (χ2n) is 3.89. The first kappa shape index (κ1) is 12.3. The first-order chi connectivity index (χ1) is 8.61. The van der Waals surface area contributed by atoms with Gasteiger partial charge in [0.2, 0.25) is 0 Å². The van der Waals surface area contributed by atoms with Gasteiger partial charge in [0.1, 0.15) is 0 Å². The van der Waals surface area contributed by atoms with Crippen LogP contribution in [-0.2, 0) is 4.74 Å². The maximum Gasteiger partial charge on any atom is 0.340 e. The van der Waals surface area contributed by atoms with Crippen LogP contribution in [0.1, 0.15) is 27.6 Å². The van der Waals surface area contributed by atoms with Crippen molar-refractivity contribution in [2.24, 2.45) is 0 Å². The van der Waals surface area contributed by atoms with Gasteiger partial charge in [-0.3, -0.25) is 4.79 Å². The SMILES string of the molecule is CC(=O)c1ccc2ccc(C(=O)OCO)cc2c1. The number of fused-ring (bicyclic) bond motifs is 1. The van der Waals surface area contributed by atoms with Gasteiger partial charge >= 0.3 is 5.97 Å². The van der Waals surface area contributed by atoms with Gasteiger partial charge in [-0.15, -0.1) is 0 Å². The molecule has 0 saturated carbocycles. The number of ketones is 1. The van der Waals surface area contributed by atoms with Crippen molar-refractivity contribution >= 4 is 22.5 Å². The van der Waals surface area contributed by atoms with Crippen molar-refractivity contribution < 1.29 is 19.4 Å². The highest BCUT2D eigenvalue weighted by Crippen LogP contribution is 2.19. The molecule has 0 unspecified atom stereocenters. The lowest BCUT2D eigenvalue weighted by Crippen LogP contribution is -2.05. The Hall–Kier alpha value is -2.20. The molecule has 0 saturated heterocycles. The van der Waals surface area contributed by atoms with Gasteiger partial charge in [0.05, 0.1) is 5.56 Å². The quantitative estimate of drug-likeness (QED) is 0.510. The van der Waals surface area contributed by atoms with Crippen molar-refractivity contribution in [2.45, 2.75) is 6.92 Å². The third-order valence-electron chi connectivity index (χ3n) is 2.68. The fraction of sp³-hybridized carbons (Fsp3) is 0.143. The molecule has 0 aliphatic rings. The first-order valence-electron chi connectivity index (χ1n) is 5.44. The largest absolute Gasteiger partial charge is 0.435 e. The third-order valence-corrected chi connectivity index (χ3v) is 2.68. The van der Waals surface area contributed by atoms with Gasteiger partial charge in [-0.2, -0.15) is 0 Å². The Balaban J connectivity index is 2.48. The van der Waals surface area contributed by atoms with E-state index in [0.717, 1.165) is 10.8 Å². The highest BCUT2D eigenvalue weighted by Gasteiger charge is 2.08. The predicted molar refractivity (Wildman–Crippen MR) is 66.5 cm³/mol. The van der Waals surface area contributed by atoms with Gasteiger partial charge in [-0.1, -0.05) is 18.2 Å². The van der Waals surface area contributed by atoms with E-state index in [2.05, 4.69) is 4.74 Å². The van der Waals surface area contributed by atoms with Crippen LogP contribution < -0.4 is 0 Å². The molecule has 0 aromatic heterocycles. The van der Waals surface area contributed by atoms with Crippen LogP contribution in [0.5, 0.6) is 0 Å². The monoisotopic (exact) mass is 244 g/mol. The van der Waals surface area contributed by atoms with Crippen molar-refractivity contribution in [2.75, 3.05) is 6.79 Å². The number of aliphatic hydroxyl groups excluding tert-OH is 1. The maximum absolute atomic E-state index is 11.5. The van der Waals surface area contributed by atoms with Gasteiger partial charge in [0.25, 0.3) is 0 Å². The average molecular weight is 244 g/mol. The van der Waals surface area contributed by atoms with Crippen LogP contribution in [0.4, 0.5) is 0 Å². The van der Waals surface area contributed by atoms with Crippen molar-refractivity contribution in [3.63, 3.8) is 0 Å². The number of esters is 1. The topological polar surface area (TPSA) is 63.6 Å². The molecule has 92 valence electrons.